The molecule has 0 atom stereocenters. The molecule has 0 fully saturated rings. The summed E-state index contributed by atoms with van der Waals surface area (Å²) in [7, 11) is 3.83. The maximum Gasteiger partial charge on any atom is 0.251 e. The molecule has 1 N–H and O–H groups in total. The predicted molar refractivity (Wildman–Crippen MR) is 125 cm³/mol. The maximum absolute atomic E-state index is 12.0. The number of pyridine rings is 1. The molecule has 0 saturated carbocycles. The van der Waals surface area contributed by atoms with Gasteiger partial charge in [0.1, 0.15) is 5.82 Å². The minimum Gasteiger partial charge on any atom is -0.355 e. The van der Waals surface area contributed by atoms with Crippen LogP contribution in [0.5, 0.6) is 0 Å². The summed E-state index contributed by atoms with van der Waals surface area (Å²) >= 11 is 0. The number of nitrogens with zero attached hydrogens (tertiary/aromatic N) is 3. The van der Waals surface area contributed by atoms with Crippen molar-refractivity contribution in [3.8, 4) is 16.9 Å². The lowest BCUT2D eigenvalue weighted by molar-refractivity contribution is 0.0963. The van der Waals surface area contributed by atoms with Gasteiger partial charge in [-0.1, -0.05) is 23.8 Å². The number of fused-ring (bicyclic) bond motifs is 3. The number of benzene rings is 2. The Morgan fingerprint density at radius 2 is 1.94 bits per heavy atom. The van der Waals surface area contributed by atoms with Crippen LogP contribution in [0, 0.1) is 6.92 Å². The van der Waals surface area contributed by atoms with Gasteiger partial charge in [0.25, 0.3) is 5.91 Å². The molecule has 1 aliphatic heterocycles. The van der Waals surface area contributed by atoms with E-state index in [4.69, 9.17) is 4.98 Å². The van der Waals surface area contributed by atoms with Crippen LogP contribution in [0.25, 0.3) is 27.8 Å². The molecule has 0 spiro atoms. The minimum absolute atomic E-state index is 0.0860. The molecular weight excluding hydrogens is 384 g/mol. The van der Waals surface area contributed by atoms with E-state index in [-0.39, 0.29) is 5.91 Å². The molecular formula is C26H26N4O. The van der Waals surface area contributed by atoms with Crippen LogP contribution < -0.4 is 5.32 Å². The van der Waals surface area contributed by atoms with E-state index in [1.807, 2.05) is 30.5 Å². The fourth-order valence-electron chi connectivity index (χ4n) is 4.54. The van der Waals surface area contributed by atoms with E-state index in [2.05, 4.69) is 59.1 Å². The third-order valence-corrected chi connectivity index (χ3v) is 6.16. The molecule has 5 nitrogen and oxygen atoms in total. The van der Waals surface area contributed by atoms with E-state index in [9.17, 15) is 4.79 Å². The van der Waals surface area contributed by atoms with Gasteiger partial charge in [-0.2, -0.15) is 0 Å². The fraction of sp³-hybridized carbons (Fsp3) is 0.231. The van der Waals surface area contributed by atoms with Crippen molar-refractivity contribution in [2.75, 3.05) is 20.6 Å². The van der Waals surface area contributed by atoms with Crippen LogP contribution >= 0.6 is 0 Å². The van der Waals surface area contributed by atoms with Gasteiger partial charge in [-0.25, -0.2) is 4.98 Å². The number of carbonyl (C=O) groups is 1. The monoisotopic (exact) mass is 410 g/mol. The number of hydrogen-bond acceptors (Lipinski definition) is 3. The van der Waals surface area contributed by atoms with Crippen LogP contribution in [-0.2, 0) is 13.0 Å². The third kappa shape index (κ3) is 3.41. The van der Waals surface area contributed by atoms with E-state index < -0.39 is 0 Å². The van der Waals surface area contributed by atoms with Crippen molar-refractivity contribution in [3.05, 3.63) is 83.2 Å². The average molecular weight is 411 g/mol. The SMILES string of the molecule is CNC(=O)c1cccc(-c2ccc(-n3c4c(c5cc(C)ccc53)CN(C)CC4)nc2)c1. The van der Waals surface area contributed by atoms with Crippen LogP contribution in [0.4, 0.5) is 0 Å². The van der Waals surface area contributed by atoms with E-state index in [0.717, 1.165) is 36.5 Å². The third-order valence-electron chi connectivity index (χ3n) is 6.16. The molecule has 156 valence electrons. The number of likely N-dealkylation sites (N-methyl/N-ethyl adjacent to an activating group) is 1. The molecule has 5 rings (SSSR count). The van der Waals surface area contributed by atoms with Crippen LogP contribution in [0.2, 0.25) is 0 Å². The Kier molecular flexibility index (Phi) is 4.83. The summed E-state index contributed by atoms with van der Waals surface area (Å²) in [5.41, 5.74) is 7.89. The van der Waals surface area contributed by atoms with E-state index in [1.54, 1.807) is 7.05 Å². The normalized spacial score (nSPS) is 13.9. The van der Waals surface area contributed by atoms with Crippen molar-refractivity contribution in [2.24, 2.45) is 0 Å². The zero-order valence-corrected chi connectivity index (χ0v) is 18.1. The van der Waals surface area contributed by atoms with Gasteiger partial charge in [0.2, 0.25) is 0 Å². The molecule has 3 heterocycles. The Bertz CT molecular complexity index is 1290. The van der Waals surface area contributed by atoms with Crippen LogP contribution in [0.1, 0.15) is 27.2 Å². The number of rotatable bonds is 3. The summed E-state index contributed by atoms with van der Waals surface area (Å²) in [6.07, 6.45) is 2.91. The number of aromatic nitrogens is 2. The molecule has 0 saturated heterocycles. The van der Waals surface area contributed by atoms with E-state index >= 15 is 0 Å². The molecule has 0 bridgehead atoms. The average Bonchev–Trinajstić information content (AvgIpc) is 3.11. The van der Waals surface area contributed by atoms with Crippen molar-refractivity contribution >= 4 is 16.8 Å². The second-order valence-electron chi connectivity index (χ2n) is 8.33. The number of carbonyl (C=O) groups excluding carboxylic acids is 1. The Labute approximate surface area is 182 Å². The van der Waals surface area contributed by atoms with Crippen LogP contribution in [0.3, 0.4) is 0 Å². The number of hydrogen-bond donors (Lipinski definition) is 1. The second kappa shape index (κ2) is 7.67. The first kappa shape index (κ1) is 19.5. The molecule has 4 aromatic rings. The summed E-state index contributed by atoms with van der Waals surface area (Å²) in [6.45, 7) is 4.16. The smallest absolute Gasteiger partial charge is 0.251 e. The first-order valence-electron chi connectivity index (χ1n) is 10.7. The van der Waals surface area contributed by atoms with Gasteiger partial charge in [0.15, 0.2) is 0 Å². The Hall–Kier alpha value is -3.44. The highest BCUT2D eigenvalue weighted by molar-refractivity contribution is 5.95. The topological polar surface area (TPSA) is 50.2 Å². The van der Waals surface area contributed by atoms with Gasteiger partial charge in [-0.3, -0.25) is 9.36 Å². The largest absolute Gasteiger partial charge is 0.355 e. The highest BCUT2D eigenvalue weighted by atomic mass is 16.1. The lowest BCUT2D eigenvalue weighted by atomic mass is 10.0. The summed E-state index contributed by atoms with van der Waals surface area (Å²) in [5.74, 6) is 0.850. The van der Waals surface area contributed by atoms with Gasteiger partial charge in [-0.15, -0.1) is 0 Å². The fourth-order valence-corrected chi connectivity index (χ4v) is 4.54. The van der Waals surface area contributed by atoms with Crippen molar-refractivity contribution in [3.63, 3.8) is 0 Å². The second-order valence-corrected chi connectivity index (χ2v) is 8.33. The molecule has 5 heteroatoms. The number of aryl methyl sites for hydroxylation is 1. The van der Waals surface area contributed by atoms with E-state index in [1.165, 1.54) is 27.7 Å². The van der Waals surface area contributed by atoms with Gasteiger partial charge in [0, 0.05) is 55.0 Å². The molecule has 2 aromatic carbocycles. The van der Waals surface area contributed by atoms with Crippen LogP contribution in [-0.4, -0.2) is 41.0 Å². The Balaban J connectivity index is 1.59. The first-order valence-corrected chi connectivity index (χ1v) is 10.7. The van der Waals surface area contributed by atoms with Gasteiger partial charge in [-0.05, 0) is 61.5 Å². The van der Waals surface area contributed by atoms with E-state index in [0.29, 0.717) is 5.56 Å². The Morgan fingerprint density at radius 1 is 1.06 bits per heavy atom. The molecule has 0 radical (unpaired) electrons. The van der Waals surface area contributed by atoms with Gasteiger partial charge >= 0.3 is 0 Å². The summed E-state index contributed by atoms with van der Waals surface area (Å²) in [4.78, 5) is 19.2. The van der Waals surface area contributed by atoms with Crippen LogP contribution in [0.15, 0.2) is 60.8 Å². The lowest BCUT2D eigenvalue weighted by Gasteiger charge is -2.24. The zero-order valence-electron chi connectivity index (χ0n) is 18.1. The maximum atomic E-state index is 12.0. The molecule has 1 amide bonds. The molecule has 1 aliphatic rings. The molecule has 2 aromatic heterocycles. The summed E-state index contributed by atoms with van der Waals surface area (Å²) in [6, 6.07) is 18.5. The standard InChI is InChI=1S/C26H26N4O/c1-17-7-9-23-21(13-17)22-16-29(3)12-11-24(22)30(23)25-10-8-20(15-28-25)18-5-4-6-19(14-18)26(31)27-2/h4-10,13-15H,11-12,16H2,1-3H3,(H,27,31). The van der Waals surface area contributed by atoms with Crippen molar-refractivity contribution in [2.45, 2.75) is 19.9 Å². The summed E-state index contributed by atoms with van der Waals surface area (Å²) < 4.78 is 2.32. The van der Waals surface area contributed by atoms with Gasteiger partial charge in [0.05, 0.1) is 5.52 Å². The highest BCUT2D eigenvalue weighted by Gasteiger charge is 2.23. The lowest BCUT2D eigenvalue weighted by Crippen LogP contribution is -2.27. The van der Waals surface area contributed by atoms with Crippen molar-refractivity contribution < 1.29 is 4.79 Å². The highest BCUT2D eigenvalue weighted by Crippen LogP contribution is 2.33. The van der Waals surface area contributed by atoms with Gasteiger partial charge < -0.3 is 10.2 Å². The predicted octanol–water partition coefficient (Wildman–Crippen LogP) is 4.35. The molecule has 0 unspecified atom stereocenters. The van der Waals surface area contributed by atoms with Crippen molar-refractivity contribution in [1.82, 2.24) is 19.8 Å². The zero-order chi connectivity index (χ0) is 21.5. The number of amides is 1. The quantitative estimate of drug-likeness (QED) is 0.546. The Morgan fingerprint density at radius 3 is 2.71 bits per heavy atom. The first-order chi connectivity index (χ1) is 15.0. The number of nitrogens with one attached hydrogen (secondary N) is 1. The summed E-state index contributed by atoms with van der Waals surface area (Å²) in [5, 5.41) is 4.00. The van der Waals surface area contributed by atoms with Crippen molar-refractivity contribution in [1.29, 1.82) is 0 Å². The molecule has 31 heavy (non-hydrogen) atoms. The minimum atomic E-state index is -0.0860. The molecule has 0 aliphatic carbocycles.